The van der Waals surface area contributed by atoms with Gasteiger partial charge in [-0.1, -0.05) is 24.6 Å². The second kappa shape index (κ2) is 6.38. The lowest BCUT2D eigenvalue weighted by molar-refractivity contribution is 0.141. The molecular weight excluding hydrogens is 312 g/mol. The molecule has 0 spiro atoms. The zero-order valence-corrected chi connectivity index (χ0v) is 13.0. The third kappa shape index (κ3) is 3.27. The SMILES string of the molecule is CC1CCN(C(CN)c2ccc(Br)c(Cl)c2)CC1. The minimum Gasteiger partial charge on any atom is -0.329 e. The molecule has 0 radical (unpaired) electrons. The second-order valence-electron chi connectivity index (χ2n) is 5.14. The molecule has 1 aliphatic rings. The van der Waals surface area contributed by atoms with Crippen LogP contribution < -0.4 is 5.73 Å². The van der Waals surface area contributed by atoms with Gasteiger partial charge in [-0.2, -0.15) is 0 Å². The number of hydrogen-bond acceptors (Lipinski definition) is 2. The predicted octanol–water partition coefficient (Wildman–Crippen LogP) is 3.83. The molecular formula is C14H20BrClN2. The minimum atomic E-state index is 0.295. The minimum absolute atomic E-state index is 0.295. The molecule has 0 amide bonds. The molecule has 1 atom stereocenters. The molecule has 2 N–H and O–H groups in total. The Kier molecular flexibility index (Phi) is 5.07. The van der Waals surface area contributed by atoms with E-state index in [0.29, 0.717) is 12.6 Å². The van der Waals surface area contributed by atoms with Gasteiger partial charge in [0.2, 0.25) is 0 Å². The van der Waals surface area contributed by atoms with Crippen molar-refractivity contribution in [3.63, 3.8) is 0 Å². The van der Waals surface area contributed by atoms with E-state index in [1.165, 1.54) is 18.4 Å². The Morgan fingerprint density at radius 1 is 1.44 bits per heavy atom. The van der Waals surface area contributed by atoms with Crippen LogP contribution in [0.2, 0.25) is 5.02 Å². The van der Waals surface area contributed by atoms with Gasteiger partial charge in [-0.3, -0.25) is 4.90 Å². The first-order chi connectivity index (χ1) is 8.61. The van der Waals surface area contributed by atoms with Crippen molar-refractivity contribution in [2.45, 2.75) is 25.8 Å². The highest BCUT2D eigenvalue weighted by Crippen LogP contribution is 2.30. The van der Waals surface area contributed by atoms with Gasteiger partial charge in [0.05, 0.1) is 5.02 Å². The molecule has 0 saturated carbocycles. The van der Waals surface area contributed by atoms with Crippen molar-refractivity contribution in [2.24, 2.45) is 11.7 Å². The van der Waals surface area contributed by atoms with E-state index in [1.807, 2.05) is 12.1 Å². The third-order valence-electron chi connectivity index (χ3n) is 3.81. The largest absolute Gasteiger partial charge is 0.329 e. The topological polar surface area (TPSA) is 29.3 Å². The number of halogens is 2. The van der Waals surface area contributed by atoms with E-state index in [-0.39, 0.29) is 0 Å². The highest BCUT2D eigenvalue weighted by atomic mass is 79.9. The average molecular weight is 332 g/mol. The molecule has 2 nitrogen and oxygen atoms in total. The Balaban J connectivity index is 2.14. The number of nitrogens with zero attached hydrogens (tertiary/aromatic N) is 1. The molecule has 0 aliphatic carbocycles. The molecule has 1 aromatic rings. The summed E-state index contributed by atoms with van der Waals surface area (Å²) in [6.07, 6.45) is 2.53. The van der Waals surface area contributed by atoms with E-state index in [2.05, 4.69) is 33.8 Å². The molecule has 1 aromatic carbocycles. The number of hydrogen-bond donors (Lipinski definition) is 1. The molecule has 100 valence electrons. The number of likely N-dealkylation sites (tertiary alicyclic amines) is 1. The van der Waals surface area contributed by atoms with Gasteiger partial charge in [0, 0.05) is 17.1 Å². The maximum atomic E-state index is 6.17. The van der Waals surface area contributed by atoms with Crippen molar-refractivity contribution in [2.75, 3.05) is 19.6 Å². The molecule has 4 heteroatoms. The quantitative estimate of drug-likeness (QED) is 0.912. The van der Waals surface area contributed by atoms with Crippen LogP contribution >= 0.6 is 27.5 Å². The summed E-state index contributed by atoms with van der Waals surface area (Å²) < 4.78 is 0.941. The van der Waals surface area contributed by atoms with Crippen molar-refractivity contribution in [1.82, 2.24) is 4.90 Å². The predicted molar refractivity (Wildman–Crippen MR) is 80.9 cm³/mol. The van der Waals surface area contributed by atoms with Crippen molar-refractivity contribution in [3.8, 4) is 0 Å². The van der Waals surface area contributed by atoms with Crippen molar-refractivity contribution < 1.29 is 0 Å². The Morgan fingerprint density at radius 3 is 2.67 bits per heavy atom. The van der Waals surface area contributed by atoms with Crippen LogP contribution in [-0.4, -0.2) is 24.5 Å². The van der Waals surface area contributed by atoms with Crippen LogP contribution in [0, 0.1) is 5.92 Å². The molecule has 1 fully saturated rings. The van der Waals surface area contributed by atoms with E-state index >= 15 is 0 Å². The van der Waals surface area contributed by atoms with E-state index in [4.69, 9.17) is 17.3 Å². The fraction of sp³-hybridized carbons (Fsp3) is 0.571. The molecule has 18 heavy (non-hydrogen) atoms. The van der Waals surface area contributed by atoms with Gasteiger partial charge in [0.15, 0.2) is 0 Å². The molecule has 2 rings (SSSR count). The average Bonchev–Trinajstić information content (AvgIpc) is 2.37. The van der Waals surface area contributed by atoms with E-state index in [9.17, 15) is 0 Å². The molecule has 1 unspecified atom stereocenters. The van der Waals surface area contributed by atoms with Crippen LogP contribution in [0.15, 0.2) is 22.7 Å². The number of benzene rings is 1. The summed E-state index contributed by atoms with van der Waals surface area (Å²) in [5, 5.41) is 0.760. The highest BCUT2D eigenvalue weighted by molar-refractivity contribution is 9.10. The van der Waals surface area contributed by atoms with Gasteiger partial charge in [-0.15, -0.1) is 0 Å². The zero-order valence-electron chi connectivity index (χ0n) is 10.7. The lowest BCUT2D eigenvalue weighted by Gasteiger charge is -2.36. The lowest BCUT2D eigenvalue weighted by Crippen LogP contribution is -2.39. The third-order valence-corrected chi connectivity index (χ3v) is 5.04. The Hall–Kier alpha value is -0.0900. The van der Waals surface area contributed by atoms with E-state index in [1.54, 1.807) is 0 Å². The summed E-state index contributed by atoms with van der Waals surface area (Å²) in [6, 6.07) is 6.45. The monoisotopic (exact) mass is 330 g/mol. The Labute approximate surface area is 123 Å². The van der Waals surface area contributed by atoms with Gasteiger partial charge >= 0.3 is 0 Å². The fourth-order valence-corrected chi connectivity index (χ4v) is 2.99. The van der Waals surface area contributed by atoms with E-state index < -0.39 is 0 Å². The number of rotatable bonds is 3. The zero-order chi connectivity index (χ0) is 13.1. The molecule has 1 heterocycles. The standard InChI is InChI=1S/C14H20BrClN2/c1-10-4-6-18(7-5-10)14(9-17)11-2-3-12(15)13(16)8-11/h2-3,8,10,14H,4-7,9,17H2,1H3. The van der Waals surface area contributed by atoms with Gasteiger partial charge in [-0.05, 0) is 65.5 Å². The van der Waals surface area contributed by atoms with Crippen molar-refractivity contribution in [1.29, 1.82) is 0 Å². The van der Waals surface area contributed by atoms with Gasteiger partial charge in [0.1, 0.15) is 0 Å². The molecule has 0 aromatic heterocycles. The summed E-state index contributed by atoms with van der Waals surface area (Å²) in [7, 11) is 0. The van der Waals surface area contributed by atoms with Crippen LogP contribution in [-0.2, 0) is 0 Å². The Morgan fingerprint density at radius 2 is 2.11 bits per heavy atom. The summed E-state index contributed by atoms with van der Waals surface area (Å²) in [5.41, 5.74) is 7.18. The molecule has 1 saturated heterocycles. The number of nitrogens with two attached hydrogens (primary N) is 1. The summed E-state index contributed by atoms with van der Waals surface area (Å²) >= 11 is 9.60. The fourth-order valence-electron chi connectivity index (χ4n) is 2.56. The first-order valence-electron chi connectivity index (χ1n) is 6.51. The van der Waals surface area contributed by atoms with Crippen molar-refractivity contribution in [3.05, 3.63) is 33.3 Å². The summed E-state index contributed by atoms with van der Waals surface area (Å²) in [4.78, 5) is 2.49. The van der Waals surface area contributed by atoms with Crippen LogP contribution in [0.25, 0.3) is 0 Å². The summed E-state index contributed by atoms with van der Waals surface area (Å²) in [5.74, 6) is 0.841. The van der Waals surface area contributed by atoms with E-state index in [0.717, 1.165) is 28.5 Å². The highest BCUT2D eigenvalue weighted by Gasteiger charge is 2.23. The van der Waals surface area contributed by atoms with Crippen LogP contribution in [0.1, 0.15) is 31.4 Å². The normalized spacial score (nSPS) is 20.0. The van der Waals surface area contributed by atoms with Gasteiger partial charge in [-0.25, -0.2) is 0 Å². The molecule has 1 aliphatic heterocycles. The first kappa shape index (κ1) is 14.3. The number of piperidine rings is 1. The Bertz CT molecular complexity index is 403. The van der Waals surface area contributed by atoms with Crippen LogP contribution in [0.3, 0.4) is 0 Å². The smallest absolute Gasteiger partial charge is 0.0551 e. The molecule has 0 bridgehead atoms. The maximum absolute atomic E-state index is 6.17. The maximum Gasteiger partial charge on any atom is 0.0551 e. The van der Waals surface area contributed by atoms with Gasteiger partial charge in [0.25, 0.3) is 0 Å². The summed E-state index contributed by atoms with van der Waals surface area (Å²) in [6.45, 7) is 5.24. The van der Waals surface area contributed by atoms with Gasteiger partial charge < -0.3 is 5.73 Å². The van der Waals surface area contributed by atoms with Crippen LogP contribution in [0.4, 0.5) is 0 Å². The lowest BCUT2D eigenvalue weighted by atomic mass is 9.96. The van der Waals surface area contributed by atoms with Crippen LogP contribution in [0.5, 0.6) is 0 Å². The second-order valence-corrected chi connectivity index (χ2v) is 6.41. The van der Waals surface area contributed by atoms with Crippen molar-refractivity contribution >= 4 is 27.5 Å². The first-order valence-corrected chi connectivity index (χ1v) is 7.68.